The first-order valence-electron chi connectivity index (χ1n) is 11.6. The Bertz CT molecular complexity index is 1200. The number of carbonyl (C=O) groups is 1. The van der Waals surface area contributed by atoms with Crippen LogP contribution in [0.1, 0.15) is 30.3 Å². The predicted octanol–water partition coefficient (Wildman–Crippen LogP) is 3.44. The molecule has 0 radical (unpaired) electrons. The maximum Gasteiger partial charge on any atom is 0.319 e. The van der Waals surface area contributed by atoms with E-state index in [9.17, 15) is 4.79 Å². The van der Waals surface area contributed by atoms with Crippen LogP contribution in [0.3, 0.4) is 0 Å². The van der Waals surface area contributed by atoms with Crippen molar-refractivity contribution >= 4 is 23.2 Å². The fourth-order valence-electron chi connectivity index (χ4n) is 4.23. The minimum Gasteiger partial charge on any atom is -0.377 e. The SMILES string of the molecule is CCNC(=O)Nc1ccc(-c2nc3c(c(C4=CCOCC4)n2)CCN(c2ncccn2)C3)cc1. The molecule has 2 amide bonds. The zero-order valence-corrected chi connectivity index (χ0v) is 19.1. The summed E-state index contributed by atoms with van der Waals surface area (Å²) in [5.74, 6) is 1.38. The molecule has 9 nitrogen and oxygen atoms in total. The van der Waals surface area contributed by atoms with E-state index in [-0.39, 0.29) is 6.03 Å². The summed E-state index contributed by atoms with van der Waals surface area (Å²) >= 11 is 0. The third-order valence-corrected chi connectivity index (χ3v) is 5.91. The van der Waals surface area contributed by atoms with Crippen molar-refractivity contribution in [2.45, 2.75) is 26.3 Å². The fraction of sp³-hybridized carbons (Fsp3) is 0.320. The molecule has 0 spiro atoms. The fourth-order valence-corrected chi connectivity index (χ4v) is 4.23. The lowest BCUT2D eigenvalue weighted by Crippen LogP contribution is -2.33. The van der Waals surface area contributed by atoms with Gasteiger partial charge in [0.2, 0.25) is 5.95 Å². The molecule has 9 heteroatoms. The average Bonchev–Trinajstić information content (AvgIpc) is 2.89. The molecule has 5 rings (SSSR count). The highest BCUT2D eigenvalue weighted by Crippen LogP contribution is 2.31. The molecule has 2 aliphatic heterocycles. The Morgan fingerprint density at radius 2 is 1.94 bits per heavy atom. The third kappa shape index (κ3) is 4.74. The summed E-state index contributed by atoms with van der Waals surface area (Å²) in [5, 5.41) is 5.55. The molecule has 4 heterocycles. The van der Waals surface area contributed by atoms with Gasteiger partial charge in [0.25, 0.3) is 0 Å². The van der Waals surface area contributed by atoms with Gasteiger partial charge < -0.3 is 20.3 Å². The number of hydrogen-bond donors (Lipinski definition) is 2. The number of nitrogens with zero attached hydrogens (tertiary/aromatic N) is 5. The lowest BCUT2D eigenvalue weighted by atomic mass is 9.95. The normalized spacial score (nSPS) is 15.3. The second-order valence-electron chi connectivity index (χ2n) is 8.16. The van der Waals surface area contributed by atoms with Gasteiger partial charge in [-0.2, -0.15) is 0 Å². The lowest BCUT2D eigenvalue weighted by Gasteiger charge is -2.30. The van der Waals surface area contributed by atoms with Gasteiger partial charge in [0.05, 0.1) is 31.1 Å². The van der Waals surface area contributed by atoms with Gasteiger partial charge in [-0.15, -0.1) is 0 Å². The Morgan fingerprint density at radius 3 is 2.68 bits per heavy atom. The number of carbonyl (C=O) groups excluding carboxylic acids is 1. The van der Waals surface area contributed by atoms with Crippen LogP contribution in [0.15, 0.2) is 48.8 Å². The number of fused-ring (bicyclic) bond motifs is 1. The average molecular weight is 458 g/mol. The summed E-state index contributed by atoms with van der Waals surface area (Å²) in [6.07, 6.45) is 7.32. The van der Waals surface area contributed by atoms with Crippen molar-refractivity contribution in [3.05, 3.63) is 65.8 Å². The highest BCUT2D eigenvalue weighted by atomic mass is 16.5. The van der Waals surface area contributed by atoms with Crippen LogP contribution >= 0.6 is 0 Å². The quantitative estimate of drug-likeness (QED) is 0.605. The van der Waals surface area contributed by atoms with Crippen molar-refractivity contribution in [2.75, 3.05) is 36.5 Å². The summed E-state index contributed by atoms with van der Waals surface area (Å²) in [5.41, 5.74) is 6.03. The number of benzene rings is 1. The maximum absolute atomic E-state index is 11.8. The van der Waals surface area contributed by atoms with E-state index >= 15 is 0 Å². The molecule has 0 saturated carbocycles. The van der Waals surface area contributed by atoms with E-state index < -0.39 is 0 Å². The molecular formula is C25H27N7O2. The van der Waals surface area contributed by atoms with Crippen LogP contribution in [0.4, 0.5) is 16.4 Å². The molecule has 0 aliphatic carbocycles. The molecule has 2 aromatic heterocycles. The van der Waals surface area contributed by atoms with E-state index in [1.807, 2.05) is 37.3 Å². The van der Waals surface area contributed by atoms with Gasteiger partial charge in [0.15, 0.2) is 5.82 Å². The van der Waals surface area contributed by atoms with Crippen LogP contribution in [0.5, 0.6) is 0 Å². The van der Waals surface area contributed by atoms with E-state index in [1.165, 1.54) is 11.1 Å². The van der Waals surface area contributed by atoms with Gasteiger partial charge in [0, 0.05) is 42.3 Å². The second kappa shape index (κ2) is 9.96. The molecule has 174 valence electrons. The van der Waals surface area contributed by atoms with Gasteiger partial charge >= 0.3 is 6.03 Å². The summed E-state index contributed by atoms with van der Waals surface area (Å²) in [4.78, 5) is 32.8. The number of ether oxygens (including phenoxy) is 1. The van der Waals surface area contributed by atoms with Gasteiger partial charge in [-0.05, 0) is 55.7 Å². The van der Waals surface area contributed by atoms with Crippen LogP contribution in [0.25, 0.3) is 17.0 Å². The molecule has 2 aliphatic rings. The van der Waals surface area contributed by atoms with E-state index in [0.29, 0.717) is 43.8 Å². The van der Waals surface area contributed by atoms with Crippen molar-refractivity contribution < 1.29 is 9.53 Å². The number of anilines is 2. The second-order valence-corrected chi connectivity index (χ2v) is 8.16. The molecule has 0 bridgehead atoms. The molecule has 0 unspecified atom stereocenters. The van der Waals surface area contributed by atoms with Crippen LogP contribution in [0, 0.1) is 0 Å². The van der Waals surface area contributed by atoms with Gasteiger partial charge in [0.1, 0.15) is 0 Å². The Balaban J connectivity index is 1.49. The Labute approximate surface area is 198 Å². The first kappa shape index (κ1) is 22.0. The van der Waals surface area contributed by atoms with Crippen molar-refractivity contribution in [1.82, 2.24) is 25.3 Å². The third-order valence-electron chi connectivity index (χ3n) is 5.91. The zero-order chi connectivity index (χ0) is 23.3. The molecule has 2 N–H and O–H groups in total. The number of rotatable bonds is 5. The smallest absolute Gasteiger partial charge is 0.319 e. The Hall–Kier alpha value is -3.85. The van der Waals surface area contributed by atoms with Gasteiger partial charge in [-0.1, -0.05) is 6.08 Å². The lowest BCUT2D eigenvalue weighted by molar-refractivity contribution is 0.161. The van der Waals surface area contributed by atoms with Crippen molar-refractivity contribution in [2.24, 2.45) is 0 Å². The van der Waals surface area contributed by atoms with Crippen LogP contribution in [-0.4, -0.2) is 52.3 Å². The number of hydrogen-bond acceptors (Lipinski definition) is 7. The highest BCUT2D eigenvalue weighted by Gasteiger charge is 2.26. The number of amides is 2. The maximum atomic E-state index is 11.8. The molecule has 0 fully saturated rings. The van der Waals surface area contributed by atoms with Gasteiger partial charge in [-0.3, -0.25) is 0 Å². The summed E-state index contributed by atoms with van der Waals surface area (Å²) < 4.78 is 5.53. The largest absolute Gasteiger partial charge is 0.377 e. The monoisotopic (exact) mass is 457 g/mol. The van der Waals surface area contributed by atoms with E-state index in [0.717, 1.165) is 36.3 Å². The molecule has 0 atom stereocenters. The highest BCUT2D eigenvalue weighted by molar-refractivity contribution is 5.89. The minimum absolute atomic E-state index is 0.225. The Morgan fingerprint density at radius 1 is 1.12 bits per heavy atom. The zero-order valence-electron chi connectivity index (χ0n) is 19.1. The van der Waals surface area contributed by atoms with Crippen molar-refractivity contribution in [3.63, 3.8) is 0 Å². The van der Waals surface area contributed by atoms with Crippen LogP contribution in [-0.2, 0) is 17.7 Å². The molecule has 1 aromatic carbocycles. The predicted molar refractivity (Wildman–Crippen MR) is 130 cm³/mol. The first-order chi connectivity index (χ1) is 16.7. The molecule has 34 heavy (non-hydrogen) atoms. The molecular weight excluding hydrogens is 430 g/mol. The standard InChI is InChI=1S/C25H27N7O2/c1-2-26-25(33)29-19-6-4-18(5-7-19)23-30-21-16-32(24-27-11-3-12-28-24)13-8-20(21)22(31-23)17-9-14-34-15-10-17/h3-7,9,11-12H,2,8,10,13-16H2,1H3,(H2,26,29,33). The molecule has 3 aromatic rings. The van der Waals surface area contributed by atoms with Crippen molar-refractivity contribution in [1.29, 1.82) is 0 Å². The first-order valence-corrected chi connectivity index (χ1v) is 11.6. The number of aromatic nitrogens is 4. The molecule has 0 saturated heterocycles. The van der Waals surface area contributed by atoms with E-state index in [4.69, 9.17) is 14.7 Å². The van der Waals surface area contributed by atoms with Crippen molar-refractivity contribution in [3.8, 4) is 11.4 Å². The van der Waals surface area contributed by atoms with E-state index in [1.54, 1.807) is 12.4 Å². The summed E-state index contributed by atoms with van der Waals surface area (Å²) in [6.45, 7) is 5.20. The topological polar surface area (TPSA) is 105 Å². The summed E-state index contributed by atoms with van der Waals surface area (Å²) in [7, 11) is 0. The number of urea groups is 1. The van der Waals surface area contributed by atoms with Gasteiger partial charge in [-0.25, -0.2) is 24.7 Å². The van der Waals surface area contributed by atoms with E-state index in [2.05, 4.69) is 31.6 Å². The minimum atomic E-state index is -0.225. The summed E-state index contributed by atoms with van der Waals surface area (Å²) in [6, 6.07) is 9.20. The number of nitrogens with one attached hydrogen (secondary N) is 2. The van der Waals surface area contributed by atoms with Crippen LogP contribution < -0.4 is 15.5 Å². The Kier molecular flexibility index (Phi) is 6.44. The van der Waals surface area contributed by atoms with Crippen LogP contribution in [0.2, 0.25) is 0 Å².